The van der Waals surface area contributed by atoms with Crippen LogP contribution in [-0.2, 0) is 9.53 Å². The van der Waals surface area contributed by atoms with E-state index in [0.29, 0.717) is 18.5 Å². The molecule has 0 saturated carbocycles. The summed E-state index contributed by atoms with van der Waals surface area (Å²) in [6, 6.07) is 1.08. The van der Waals surface area contributed by atoms with Crippen molar-refractivity contribution in [1.29, 1.82) is 0 Å². The summed E-state index contributed by atoms with van der Waals surface area (Å²) in [5.74, 6) is -0.0598. The maximum absolute atomic E-state index is 13.1. The molecule has 3 fully saturated rings. The number of carbonyl (C=O) groups is 1. The Morgan fingerprint density at radius 1 is 0.667 bits per heavy atom. The molecule has 1 unspecified atom stereocenters. The standard InChI is InChI=1S/C32H63N5O2/c1-27(2)15-23(16-28(3,4)35-27)33-21-22(34-24-17-29(5,6)36-30(7,8)18-24)13-14-26(38)39-25-19-31(9,10)37-32(11,12)20-25/h22-25,33-37H,13-21H2,1-12H3. The summed E-state index contributed by atoms with van der Waals surface area (Å²) in [5, 5.41) is 19.2. The van der Waals surface area contributed by atoms with Crippen LogP contribution in [0, 0.1) is 0 Å². The van der Waals surface area contributed by atoms with Crippen molar-refractivity contribution >= 4 is 5.97 Å². The van der Waals surface area contributed by atoms with Crippen LogP contribution in [0.4, 0.5) is 0 Å². The van der Waals surface area contributed by atoms with Crippen molar-refractivity contribution in [2.24, 2.45) is 0 Å². The molecule has 228 valence electrons. The van der Waals surface area contributed by atoms with Gasteiger partial charge in [-0.1, -0.05) is 0 Å². The topological polar surface area (TPSA) is 86.5 Å². The zero-order valence-corrected chi connectivity index (χ0v) is 27.5. The summed E-state index contributed by atoms with van der Waals surface area (Å²) < 4.78 is 6.07. The molecule has 0 aliphatic carbocycles. The first-order chi connectivity index (χ1) is 17.5. The number of rotatable bonds is 9. The Morgan fingerprint density at radius 3 is 1.49 bits per heavy atom. The van der Waals surface area contributed by atoms with E-state index in [1.54, 1.807) is 0 Å². The van der Waals surface area contributed by atoms with Crippen LogP contribution in [0.2, 0.25) is 0 Å². The third-order valence-corrected chi connectivity index (χ3v) is 8.65. The molecular formula is C32H63N5O2. The predicted octanol–water partition coefficient (Wildman–Crippen LogP) is 4.79. The Morgan fingerprint density at radius 2 is 1.05 bits per heavy atom. The smallest absolute Gasteiger partial charge is 0.306 e. The van der Waals surface area contributed by atoms with Gasteiger partial charge in [0.05, 0.1) is 0 Å². The Labute approximate surface area is 240 Å². The van der Waals surface area contributed by atoms with Crippen molar-refractivity contribution in [2.45, 2.75) is 192 Å². The molecule has 3 rings (SSSR count). The first-order valence-electron chi connectivity index (χ1n) is 15.6. The van der Waals surface area contributed by atoms with E-state index in [1.165, 1.54) is 0 Å². The molecular weight excluding hydrogens is 486 g/mol. The molecule has 1 atom stereocenters. The lowest BCUT2D eigenvalue weighted by atomic mass is 9.79. The van der Waals surface area contributed by atoms with Gasteiger partial charge >= 0.3 is 5.97 Å². The molecule has 0 amide bonds. The van der Waals surface area contributed by atoms with E-state index in [4.69, 9.17) is 4.74 Å². The number of piperidine rings is 3. The third-order valence-electron chi connectivity index (χ3n) is 8.65. The highest BCUT2D eigenvalue weighted by Gasteiger charge is 2.41. The van der Waals surface area contributed by atoms with Crippen LogP contribution in [0.25, 0.3) is 0 Å². The van der Waals surface area contributed by atoms with Gasteiger partial charge in [-0.3, -0.25) is 4.79 Å². The van der Waals surface area contributed by atoms with E-state index in [2.05, 4.69) is 110 Å². The molecule has 5 N–H and O–H groups in total. The number of hydrogen-bond donors (Lipinski definition) is 5. The molecule has 0 bridgehead atoms. The van der Waals surface area contributed by atoms with Crippen LogP contribution in [0.15, 0.2) is 0 Å². The summed E-state index contributed by atoms with van der Waals surface area (Å²) >= 11 is 0. The van der Waals surface area contributed by atoms with Crippen LogP contribution in [0.1, 0.15) is 134 Å². The van der Waals surface area contributed by atoms with Gasteiger partial charge in [-0.05, 0) is 115 Å². The Kier molecular flexibility index (Phi) is 9.67. The van der Waals surface area contributed by atoms with Gasteiger partial charge in [0, 0.05) is 77.2 Å². The number of esters is 1. The predicted molar refractivity (Wildman–Crippen MR) is 163 cm³/mol. The van der Waals surface area contributed by atoms with Crippen LogP contribution in [0.5, 0.6) is 0 Å². The average molecular weight is 550 g/mol. The summed E-state index contributed by atoms with van der Waals surface area (Å²) in [6.07, 6.45) is 7.25. The Hall–Kier alpha value is -0.730. The van der Waals surface area contributed by atoms with E-state index in [1.807, 2.05) is 0 Å². The lowest BCUT2D eigenvalue weighted by Gasteiger charge is -2.48. The van der Waals surface area contributed by atoms with Gasteiger partial charge in [-0.25, -0.2) is 0 Å². The minimum Gasteiger partial charge on any atom is -0.462 e. The highest BCUT2D eigenvalue weighted by molar-refractivity contribution is 5.69. The zero-order chi connectivity index (χ0) is 29.5. The molecule has 7 heteroatoms. The summed E-state index contributed by atoms with van der Waals surface area (Å²) in [4.78, 5) is 13.1. The van der Waals surface area contributed by atoms with Gasteiger partial charge in [0.25, 0.3) is 0 Å². The van der Waals surface area contributed by atoms with Crippen molar-refractivity contribution in [3.05, 3.63) is 0 Å². The molecule has 0 aromatic heterocycles. The highest BCUT2D eigenvalue weighted by atomic mass is 16.5. The summed E-state index contributed by atoms with van der Waals surface area (Å²) in [6.45, 7) is 28.1. The van der Waals surface area contributed by atoms with E-state index in [9.17, 15) is 4.79 Å². The van der Waals surface area contributed by atoms with Gasteiger partial charge in [0.15, 0.2) is 0 Å². The van der Waals surface area contributed by atoms with E-state index in [-0.39, 0.29) is 51.3 Å². The van der Waals surface area contributed by atoms with Crippen molar-refractivity contribution < 1.29 is 9.53 Å². The second kappa shape index (κ2) is 11.5. The highest BCUT2D eigenvalue weighted by Crippen LogP contribution is 2.32. The van der Waals surface area contributed by atoms with E-state index < -0.39 is 0 Å². The lowest BCUT2D eigenvalue weighted by Crippen LogP contribution is -2.64. The molecule has 7 nitrogen and oxygen atoms in total. The SMILES string of the molecule is CC1(C)CC(NCC(CCC(=O)OC2CC(C)(C)NC(C)(C)C2)NC2CC(C)(C)NC(C)(C)C2)CC(C)(C)N1. The Balaban J connectivity index is 1.63. The maximum atomic E-state index is 13.1. The fraction of sp³-hybridized carbons (Fsp3) is 0.969. The fourth-order valence-electron chi connectivity index (χ4n) is 8.64. The number of ether oxygens (including phenoxy) is 1. The van der Waals surface area contributed by atoms with E-state index in [0.717, 1.165) is 51.5 Å². The first-order valence-corrected chi connectivity index (χ1v) is 15.6. The molecule has 3 saturated heterocycles. The lowest BCUT2D eigenvalue weighted by molar-refractivity contribution is -0.153. The fourth-order valence-corrected chi connectivity index (χ4v) is 8.64. The molecule has 0 aromatic rings. The van der Waals surface area contributed by atoms with Gasteiger partial charge < -0.3 is 31.3 Å². The van der Waals surface area contributed by atoms with Gasteiger partial charge in [-0.2, -0.15) is 0 Å². The van der Waals surface area contributed by atoms with E-state index >= 15 is 0 Å². The van der Waals surface area contributed by atoms with Crippen molar-refractivity contribution in [2.75, 3.05) is 6.54 Å². The quantitative estimate of drug-likeness (QED) is 0.265. The molecule has 3 heterocycles. The summed E-state index contributed by atoms with van der Waals surface area (Å²) in [7, 11) is 0. The van der Waals surface area contributed by atoms with Gasteiger partial charge in [0.1, 0.15) is 6.10 Å². The maximum Gasteiger partial charge on any atom is 0.306 e. The summed E-state index contributed by atoms with van der Waals surface area (Å²) in [5.41, 5.74) is 0.289. The van der Waals surface area contributed by atoms with Crippen molar-refractivity contribution in [3.8, 4) is 0 Å². The second-order valence-electron chi connectivity index (χ2n) is 17.2. The molecule has 0 aromatic carbocycles. The van der Waals surface area contributed by atoms with Gasteiger partial charge in [-0.15, -0.1) is 0 Å². The van der Waals surface area contributed by atoms with Crippen molar-refractivity contribution in [1.82, 2.24) is 26.6 Å². The van der Waals surface area contributed by atoms with Crippen LogP contribution < -0.4 is 26.6 Å². The average Bonchev–Trinajstić information content (AvgIpc) is 2.62. The largest absolute Gasteiger partial charge is 0.462 e. The molecule has 39 heavy (non-hydrogen) atoms. The molecule has 0 radical (unpaired) electrons. The number of nitrogens with one attached hydrogen (secondary N) is 5. The number of carbonyl (C=O) groups excluding carboxylic acids is 1. The molecule has 3 aliphatic heterocycles. The number of hydrogen-bond acceptors (Lipinski definition) is 7. The second-order valence-corrected chi connectivity index (χ2v) is 17.2. The van der Waals surface area contributed by atoms with Crippen LogP contribution >= 0.6 is 0 Å². The first kappa shape index (κ1) is 32.8. The van der Waals surface area contributed by atoms with Crippen LogP contribution in [-0.4, -0.2) is 70.0 Å². The third kappa shape index (κ3) is 10.9. The minimum absolute atomic E-state index is 0.0292. The van der Waals surface area contributed by atoms with Crippen molar-refractivity contribution in [3.63, 3.8) is 0 Å². The molecule has 3 aliphatic rings. The van der Waals surface area contributed by atoms with Gasteiger partial charge in [0.2, 0.25) is 0 Å². The monoisotopic (exact) mass is 549 g/mol. The molecule has 0 spiro atoms. The normalized spacial score (nSPS) is 29.0. The van der Waals surface area contributed by atoms with Crippen LogP contribution in [0.3, 0.4) is 0 Å². The Bertz CT molecular complexity index is 799. The zero-order valence-electron chi connectivity index (χ0n) is 27.5. The minimum atomic E-state index is -0.0598.